The third-order valence-corrected chi connectivity index (χ3v) is 5.79. The molecule has 1 N–H and O–H groups in total. The van der Waals surface area contributed by atoms with Crippen molar-refractivity contribution in [1.82, 2.24) is 5.32 Å². The Morgan fingerprint density at radius 3 is 2.76 bits per heavy atom. The van der Waals surface area contributed by atoms with E-state index in [1.54, 1.807) is 0 Å². The van der Waals surface area contributed by atoms with Gasteiger partial charge in [-0.15, -0.1) is 11.8 Å². The quantitative estimate of drug-likeness (QED) is 0.899. The van der Waals surface area contributed by atoms with Gasteiger partial charge in [0.1, 0.15) is 0 Å². The molecule has 0 saturated heterocycles. The van der Waals surface area contributed by atoms with Crippen LogP contribution in [0.5, 0.6) is 0 Å². The summed E-state index contributed by atoms with van der Waals surface area (Å²) in [5.74, 6) is 1.02. The highest BCUT2D eigenvalue weighted by Crippen LogP contribution is 2.36. The van der Waals surface area contributed by atoms with Crippen molar-refractivity contribution >= 4 is 29.1 Å². The predicted molar refractivity (Wildman–Crippen MR) is 104 cm³/mol. The number of nitrogens with zero attached hydrogens (tertiary/aromatic N) is 2. The Kier molecular flexibility index (Phi) is 4.49. The number of hydrazone groups is 1. The standard InChI is InChI=1S/C20H21N3OS/c1-14-10-12-23(22-14)16-8-6-15(7-9-16)20(24)21-18-11-13-25-19-5-3-2-4-17(18)19/h2-9,18H,10-13H2,1H3,(H,21,24)/t18-/m1/s1. The van der Waals surface area contributed by atoms with Crippen LogP contribution in [0.3, 0.4) is 0 Å². The Labute approximate surface area is 152 Å². The molecule has 0 saturated carbocycles. The topological polar surface area (TPSA) is 44.7 Å². The molecule has 0 radical (unpaired) electrons. The van der Waals surface area contributed by atoms with Gasteiger partial charge in [-0.25, -0.2) is 0 Å². The zero-order valence-corrected chi connectivity index (χ0v) is 15.1. The molecular formula is C20H21N3OS. The molecule has 0 aromatic heterocycles. The van der Waals surface area contributed by atoms with Gasteiger partial charge in [0.25, 0.3) is 5.91 Å². The zero-order chi connectivity index (χ0) is 17.2. The van der Waals surface area contributed by atoms with Crippen LogP contribution >= 0.6 is 11.8 Å². The Morgan fingerprint density at radius 2 is 2.00 bits per heavy atom. The van der Waals surface area contributed by atoms with E-state index < -0.39 is 0 Å². The molecule has 1 amide bonds. The Bertz CT molecular complexity index is 816. The summed E-state index contributed by atoms with van der Waals surface area (Å²) < 4.78 is 0. The first-order valence-electron chi connectivity index (χ1n) is 8.65. The third-order valence-electron chi connectivity index (χ3n) is 4.67. The molecule has 2 aliphatic rings. The SMILES string of the molecule is CC1=NN(c2ccc(C(=O)N[C@@H]3CCSc4ccccc43)cc2)CC1. The average molecular weight is 351 g/mol. The van der Waals surface area contributed by atoms with Gasteiger partial charge in [-0.3, -0.25) is 9.80 Å². The number of benzene rings is 2. The number of amides is 1. The number of nitrogens with one attached hydrogen (secondary N) is 1. The van der Waals surface area contributed by atoms with Crippen molar-refractivity contribution in [2.75, 3.05) is 17.3 Å². The number of hydrogen-bond donors (Lipinski definition) is 1. The lowest BCUT2D eigenvalue weighted by Crippen LogP contribution is -2.30. The van der Waals surface area contributed by atoms with Crippen molar-refractivity contribution in [3.8, 4) is 0 Å². The lowest BCUT2D eigenvalue weighted by molar-refractivity contribution is 0.0935. The summed E-state index contributed by atoms with van der Waals surface area (Å²) >= 11 is 1.86. The van der Waals surface area contributed by atoms with Crippen LogP contribution in [0.4, 0.5) is 5.69 Å². The summed E-state index contributed by atoms with van der Waals surface area (Å²) in [4.78, 5) is 13.9. The van der Waals surface area contributed by atoms with Crippen LogP contribution in [0.25, 0.3) is 0 Å². The number of rotatable bonds is 3. The van der Waals surface area contributed by atoms with Crippen molar-refractivity contribution in [2.24, 2.45) is 5.10 Å². The second kappa shape index (κ2) is 6.92. The number of anilines is 1. The molecule has 2 aliphatic heterocycles. The predicted octanol–water partition coefficient (Wildman–Crippen LogP) is 4.24. The van der Waals surface area contributed by atoms with E-state index in [9.17, 15) is 4.79 Å². The van der Waals surface area contributed by atoms with Crippen LogP contribution in [-0.2, 0) is 0 Å². The minimum atomic E-state index is -0.0145. The van der Waals surface area contributed by atoms with E-state index >= 15 is 0 Å². The minimum Gasteiger partial charge on any atom is -0.345 e. The number of carbonyl (C=O) groups is 1. The van der Waals surface area contributed by atoms with Crippen molar-refractivity contribution in [1.29, 1.82) is 0 Å². The van der Waals surface area contributed by atoms with E-state index in [0.717, 1.165) is 36.5 Å². The van der Waals surface area contributed by atoms with Crippen LogP contribution in [0.1, 0.15) is 41.7 Å². The average Bonchev–Trinajstić information content (AvgIpc) is 3.08. The molecule has 1 atom stereocenters. The highest BCUT2D eigenvalue weighted by molar-refractivity contribution is 7.99. The molecule has 128 valence electrons. The summed E-state index contributed by atoms with van der Waals surface area (Å²) in [6.45, 7) is 2.95. The second-order valence-electron chi connectivity index (χ2n) is 6.46. The maximum Gasteiger partial charge on any atom is 0.251 e. The molecule has 0 unspecified atom stereocenters. The van der Waals surface area contributed by atoms with Gasteiger partial charge in [0, 0.05) is 34.9 Å². The molecule has 0 spiro atoms. The van der Waals surface area contributed by atoms with Gasteiger partial charge in [-0.05, 0) is 49.2 Å². The fraction of sp³-hybridized carbons (Fsp3) is 0.300. The molecule has 0 fully saturated rings. The van der Waals surface area contributed by atoms with Crippen molar-refractivity contribution in [2.45, 2.75) is 30.7 Å². The Hall–Kier alpha value is -2.27. The summed E-state index contributed by atoms with van der Waals surface area (Å²) in [6.07, 6.45) is 1.97. The fourth-order valence-corrected chi connectivity index (χ4v) is 4.40. The van der Waals surface area contributed by atoms with Crippen LogP contribution < -0.4 is 10.3 Å². The number of hydrogen-bond acceptors (Lipinski definition) is 4. The van der Waals surface area contributed by atoms with E-state index in [2.05, 4.69) is 28.6 Å². The lowest BCUT2D eigenvalue weighted by atomic mass is 10.0. The molecule has 2 heterocycles. The van der Waals surface area contributed by atoms with Gasteiger partial charge in [0.05, 0.1) is 11.7 Å². The molecular weight excluding hydrogens is 330 g/mol. The van der Waals surface area contributed by atoms with E-state index in [1.807, 2.05) is 54.0 Å². The van der Waals surface area contributed by atoms with Crippen molar-refractivity contribution in [3.63, 3.8) is 0 Å². The largest absolute Gasteiger partial charge is 0.345 e. The van der Waals surface area contributed by atoms with Crippen LogP contribution in [0.2, 0.25) is 0 Å². The molecule has 2 aromatic carbocycles. The monoisotopic (exact) mass is 351 g/mol. The van der Waals surface area contributed by atoms with Gasteiger partial charge < -0.3 is 5.32 Å². The summed E-state index contributed by atoms with van der Waals surface area (Å²) in [5, 5.41) is 9.68. The van der Waals surface area contributed by atoms with Crippen molar-refractivity contribution in [3.05, 3.63) is 59.7 Å². The zero-order valence-electron chi connectivity index (χ0n) is 14.2. The second-order valence-corrected chi connectivity index (χ2v) is 7.59. The summed E-state index contributed by atoms with van der Waals surface area (Å²) in [6, 6.07) is 16.2. The van der Waals surface area contributed by atoms with Gasteiger partial charge in [0.2, 0.25) is 0 Å². The van der Waals surface area contributed by atoms with E-state index in [4.69, 9.17) is 0 Å². The van der Waals surface area contributed by atoms with Gasteiger partial charge >= 0.3 is 0 Å². The summed E-state index contributed by atoms with van der Waals surface area (Å²) in [7, 11) is 0. The molecule has 4 nitrogen and oxygen atoms in total. The highest BCUT2D eigenvalue weighted by atomic mass is 32.2. The van der Waals surface area contributed by atoms with E-state index in [1.165, 1.54) is 10.5 Å². The van der Waals surface area contributed by atoms with Gasteiger partial charge in [-0.1, -0.05) is 18.2 Å². The minimum absolute atomic E-state index is 0.0145. The molecule has 0 bridgehead atoms. The van der Waals surface area contributed by atoms with Crippen molar-refractivity contribution < 1.29 is 4.79 Å². The first-order valence-corrected chi connectivity index (χ1v) is 9.63. The van der Waals surface area contributed by atoms with Crippen LogP contribution in [0, 0.1) is 0 Å². The Morgan fingerprint density at radius 1 is 1.20 bits per heavy atom. The number of thioether (sulfide) groups is 1. The maximum atomic E-state index is 12.6. The normalized spacial score (nSPS) is 19.3. The molecule has 2 aromatic rings. The lowest BCUT2D eigenvalue weighted by Gasteiger charge is -2.26. The third kappa shape index (κ3) is 3.42. The highest BCUT2D eigenvalue weighted by Gasteiger charge is 2.22. The molecule has 4 rings (SSSR count). The number of carbonyl (C=O) groups excluding carboxylic acids is 1. The first kappa shape index (κ1) is 16.2. The van der Waals surface area contributed by atoms with Crippen LogP contribution in [0.15, 0.2) is 58.5 Å². The van der Waals surface area contributed by atoms with E-state index in [-0.39, 0.29) is 11.9 Å². The van der Waals surface area contributed by atoms with Crippen LogP contribution in [-0.4, -0.2) is 23.9 Å². The molecule has 0 aliphatic carbocycles. The van der Waals surface area contributed by atoms with Gasteiger partial charge in [-0.2, -0.15) is 5.10 Å². The molecule has 25 heavy (non-hydrogen) atoms. The maximum absolute atomic E-state index is 12.6. The first-order chi connectivity index (χ1) is 12.2. The number of fused-ring (bicyclic) bond motifs is 1. The Balaban J connectivity index is 1.47. The fourth-order valence-electron chi connectivity index (χ4n) is 3.28. The van der Waals surface area contributed by atoms with Gasteiger partial charge in [0.15, 0.2) is 0 Å². The van der Waals surface area contributed by atoms with E-state index in [0.29, 0.717) is 5.56 Å². The molecule has 5 heteroatoms. The smallest absolute Gasteiger partial charge is 0.251 e. The summed E-state index contributed by atoms with van der Waals surface area (Å²) in [5.41, 5.74) is 4.11.